The number of para-hydroxylation sites is 1. The Labute approximate surface area is 148 Å². The van der Waals surface area contributed by atoms with Gasteiger partial charge in [-0.25, -0.2) is 4.79 Å². The number of ether oxygens (including phenoxy) is 2. The Morgan fingerprint density at radius 3 is 2.56 bits per heavy atom. The summed E-state index contributed by atoms with van der Waals surface area (Å²) in [7, 11) is 2.00. The van der Waals surface area contributed by atoms with E-state index in [2.05, 4.69) is 17.9 Å². The zero-order chi connectivity index (χ0) is 18.2. The van der Waals surface area contributed by atoms with E-state index in [1.807, 2.05) is 44.3 Å². The van der Waals surface area contributed by atoms with E-state index in [0.717, 1.165) is 23.4 Å². The molecule has 0 heterocycles. The van der Waals surface area contributed by atoms with Crippen LogP contribution in [0.3, 0.4) is 0 Å². The molecule has 0 unspecified atom stereocenters. The fourth-order valence-corrected chi connectivity index (χ4v) is 2.56. The molecule has 0 spiro atoms. The molecule has 134 valence electrons. The molecule has 0 aliphatic carbocycles. The molecule has 0 amide bonds. The van der Waals surface area contributed by atoms with Gasteiger partial charge in [-0.2, -0.15) is 0 Å². The lowest BCUT2D eigenvalue weighted by Crippen LogP contribution is -2.24. The van der Waals surface area contributed by atoms with Crippen molar-refractivity contribution in [1.82, 2.24) is 4.90 Å². The Balaban J connectivity index is 1.85. The van der Waals surface area contributed by atoms with E-state index in [-0.39, 0.29) is 6.61 Å². The lowest BCUT2D eigenvalue weighted by atomic mass is 10.1. The van der Waals surface area contributed by atoms with E-state index >= 15 is 0 Å². The smallest absolute Gasteiger partial charge is 0.341 e. The first kappa shape index (κ1) is 18.8. The van der Waals surface area contributed by atoms with Crippen LogP contribution >= 0.6 is 0 Å². The third-order valence-corrected chi connectivity index (χ3v) is 3.83. The number of hydrogen-bond acceptors (Lipinski definition) is 4. The van der Waals surface area contributed by atoms with Gasteiger partial charge in [-0.3, -0.25) is 4.90 Å². The second kappa shape index (κ2) is 9.08. The van der Waals surface area contributed by atoms with Crippen LogP contribution in [0, 0.1) is 13.8 Å². The predicted molar refractivity (Wildman–Crippen MR) is 97.3 cm³/mol. The number of hydrogen-bond donors (Lipinski definition) is 1. The second-order valence-corrected chi connectivity index (χ2v) is 6.15. The lowest BCUT2D eigenvalue weighted by molar-refractivity contribution is -0.139. The summed E-state index contributed by atoms with van der Waals surface area (Å²) in [6, 6.07) is 13.6. The number of carboxylic acids is 1. The van der Waals surface area contributed by atoms with E-state index < -0.39 is 5.97 Å². The van der Waals surface area contributed by atoms with Crippen molar-refractivity contribution in [2.45, 2.75) is 20.4 Å². The first-order valence-electron chi connectivity index (χ1n) is 8.27. The molecule has 0 fully saturated rings. The molecule has 0 radical (unpaired) electrons. The first-order chi connectivity index (χ1) is 12.0. The van der Waals surface area contributed by atoms with E-state index in [1.165, 1.54) is 5.56 Å². The highest BCUT2D eigenvalue weighted by atomic mass is 16.5. The van der Waals surface area contributed by atoms with Crippen molar-refractivity contribution in [2.24, 2.45) is 0 Å². The molecule has 0 saturated heterocycles. The van der Waals surface area contributed by atoms with Gasteiger partial charge in [-0.1, -0.05) is 35.9 Å². The number of nitrogens with zero attached hydrogens (tertiary/aromatic N) is 1. The van der Waals surface area contributed by atoms with E-state index in [9.17, 15) is 4.79 Å². The predicted octanol–water partition coefficient (Wildman–Crippen LogP) is 3.28. The van der Waals surface area contributed by atoms with E-state index in [1.54, 1.807) is 6.07 Å². The van der Waals surface area contributed by atoms with Crippen molar-refractivity contribution in [1.29, 1.82) is 0 Å². The van der Waals surface area contributed by atoms with Gasteiger partial charge in [0.1, 0.15) is 18.1 Å². The molecule has 2 rings (SSSR count). The van der Waals surface area contributed by atoms with Gasteiger partial charge in [0.2, 0.25) is 0 Å². The highest BCUT2D eigenvalue weighted by molar-refractivity contribution is 5.68. The van der Waals surface area contributed by atoms with Crippen LogP contribution in [0.4, 0.5) is 0 Å². The van der Waals surface area contributed by atoms with Gasteiger partial charge < -0.3 is 14.6 Å². The maximum Gasteiger partial charge on any atom is 0.341 e. The molecule has 0 aromatic heterocycles. The van der Waals surface area contributed by atoms with Crippen LogP contribution < -0.4 is 9.47 Å². The second-order valence-electron chi connectivity index (χ2n) is 6.15. The fourth-order valence-electron chi connectivity index (χ4n) is 2.56. The summed E-state index contributed by atoms with van der Waals surface area (Å²) in [5, 5.41) is 8.76. The number of benzene rings is 2. The van der Waals surface area contributed by atoms with Crippen molar-refractivity contribution >= 4 is 5.97 Å². The summed E-state index contributed by atoms with van der Waals surface area (Å²) < 4.78 is 11.2. The third kappa shape index (κ3) is 6.12. The number of aryl methyl sites for hydroxylation is 2. The number of carbonyl (C=O) groups is 1. The normalized spacial score (nSPS) is 10.7. The number of carboxylic acid groups (broad SMARTS) is 1. The van der Waals surface area contributed by atoms with Crippen LogP contribution in [0.5, 0.6) is 11.5 Å². The molecule has 0 saturated carbocycles. The molecular weight excluding hydrogens is 318 g/mol. The van der Waals surface area contributed by atoms with E-state index in [0.29, 0.717) is 18.9 Å². The summed E-state index contributed by atoms with van der Waals surface area (Å²) in [5.41, 5.74) is 3.31. The Kier molecular flexibility index (Phi) is 6.83. The molecule has 0 aliphatic rings. The van der Waals surface area contributed by atoms with Crippen LogP contribution in [0.25, 0.3) is 0 Å². The van der Waals surface area contributed by atoms with Crippen molar-refractivity contribution in [3.05, 3.63) is 59.2 Å². The van der Waals surface area contributed by atoms with Crippen molar-refractivity contribution in [3.63, 3.8) is 0 Å². The summed E-state index contributed by atoms with van der Waals surface area (Å²) in [6.07, 6.45) is 0. The lowest BCUT2D eigenvalue weighted by Gasteiger charge is -2.19. The average Bonchev–Trinajstić information content (AvgIpc) is 2.56. The largest absolute Gasteiger partial charge is 0.492 e. The quantitative estimate of drug-likeness (QED) is 0.757. The Morgan fingerprint density at radius 2 is 1.84 bits per heavy atom. The molecule has 2 aromatic carbocycles. The van der Waals surface area contributed by atoms with Gasteiger partial charge in [-0.05, 0) is 38.6 Å². The first-order valence-corrected chi connectivity index (χ1v) is 8.27. The van der Waals surface area contributed by atoms with Crippen LogP contribution in [0.15, 0.2) is 42.5 Å². The third-order valence-electron chi connectivity index (χ3n) is 3.83. The molecule has 1 N–H and O–H groups in total. The fraction of sp³-hybridized carbons (Fsp3) is 0.350. The van der Waals surface area contributed by atoms with Gasteiger partial charge in [0.15, 0.2) is 6.61 Å². The molecule has 25 heavy (non-hydrogen) atoms. The molecular formula is C20H25NO4. The highest BCUT2D eigenvalue weighted by Gasteiger charge is 2.08. The minimum absolute atomic E-state index is 0.337. The zero-order valence-electron chi connectivity index (χ0n) is 15.0. The zero-order valence-corrected chi connectivity index (χ0v) is 15.0. The topological polar surface area (TPSA) is 59.0 Å². The molecule has 5 heteroatoms. The number of rotatable bonds is 9. The summed E-state index contributed by atoms with van der Waals surface area (Å²) in [4.78, 5) is 12.8. The Hall–Kier alpha value is -2.53. The Bertz CT molecular complexity index is 715. The molecule has 0 aliphatic heterocycles. The van der Waals surface area contributed by atoms with E-state index in [4.69, 9.17) is 14.6 Å². The minimum atomic E-state index is -0.981. The molecule has 2 aromatic rings. The number of likely N-dealkylation sites (N-methyl/N-ethyl adjacent to an activating group) is 1. The SMILES string of the molecule is Cc1ccc(OCCN(C)Cc2ccccc2OCC(=O)O)c(C)c1. The van der Waals surface area contributed by atoms with Crippen LogP contribution in [-0.4, -0.2) is 42.8 Å². The number of aliphatic carboxylic acids is 1. The average molecular weight is 343 g/mol. The van der Waals surface area contributed by atoms with Gasteiger partial charge in [-0.15, -0.1) is 0 Å². The monoisotopic (exact) mass is 343 g/mol. The maximum atomic E-state index is 10.7. The molecule has 5 nitrogen and oxygen atoms in total. The summed E-state index contributed by atoms with van der Waals surface area (Å²) in [5.74, 6) is 0.529. The molecule has 0 bridgehead atoms. The molecule has 0 atom stereocenters. The van der Waals surface area contributed by atoms with Crippen LogP contribution in [0.1, 0.15) is 16.7 Å². The maximum absolute atomic E-state index is 10.7. The van der Waals surface area contributed by atoms with Gasteiger partial charge >= 0.3 is 5.97 Å². The van der Waals surface area contributed by atoms with Crippen molar-refractivity contribution in [2.75, 3.05) is 26.8 Å². The summed E-state index contributed by atoms with van der Waals surface area (Å²) >= 11 is 0. The van der Waals surface area contributed by atoms with Gasteiger partial charge in [0, 0.05) is 18.7 Å². The standard InChI is InChI=1S/C20H25NO4/c1-15-8-9-18(16(2)12-15)24-11-10-21(3)13-17-6-4-5-7-19(17)25-14-20(22)23/h4-9,12H,10-11,13-14H2,1-3H3,(H,22,23). The highest BCUT2D eigenvalue weighted by Crippen LogP contribution is 2.20. The van der Waals surface area contributed by atoms with Crippen molar-refractivity contribution < 1.29 is 19.4 Å². The summed E-state index contributed by atoms with van der Waals surface area (Å²) in [6.45, 7) is 5.76. The van der Waals surface area contributed by atoms with Gasteiger partial charge in [0.05, 0.1) is 0 Å². The van der Waals surface area contributed by atoms with Crippen LogP contribution in [-0.2, 0) is 11.3 Å². The van der Waals surface area contributed by atoms with Gasteiger partial charge in [0.25, 0.3) is 0 Å². The minimum Gasteiger partial charge on any atom is -0.492 e. The van der Waals surface area contributed by atoms with Crippen molar-refractivity contribution in [3.8, 4) is 11.5 Å². The van der Waals surface area contributed by atoms with Crippen LogP contribution in [0.2, 0.25) is 0 Å². The Morgan fingerprint density at radius 1 is 1.08 bits per heavy atom.